The molecule has 146 valence electrons. The SMILES string of the molecule is NC(=O)c1cccc2c1c1c(OCC(=O)O)cccc1n2CC1CCCCC1. The summed E-state index contributed by atoms with van der Waals surface area (Å²) >= 11 is 0. The number of nitrogens with zero attached hydrogens (tertiary/aromatic N) is 1. The third-order valence-corrected chi connectivity index (χ3v) is 5.66. The van der Waals surface area contributed by atoms with Gasteiger partial charge in [-0.15, -0.1) is 0 Å². The van der Waals surface area contributed by atoms with Crippen molar-refractivity contribution in [2.45, 2.75) is 38.6 Å². The Morgan fingerprint density at radius 3 is 2.39 bits per heavy atom. The number of carboxylic acid groups (broad SMARTS) is 1. The number of carbonyl (C=O) groups is 2. The standard InChI is InChI=1S/C22H24N2O4/c23-22(27)15-8-4-9-16-20(15)21-17(10-5-11-18(21)28-13-19(25)26)24(16)12-14-6-2-1-3-7-14/h4-5,8-11,14H,1-3,6-7,12-13H2,(H2,23,27)(H,25,26). The fraction of sp³-hybridized carbons (Fsp3) is 0.364. The summed E-state index contributed by atoms with van der Waals surface area (Å²) in [7, 11) is 0. The average molecular weight is 380 g/mol. The van der Waals surface area contributed by atoms with Crippen LogP contribution in [0.15, 0.2) is 36.4 Å². The number of ether oxygens (including phenoxy) is 1. The van der Waals surface area contributed by atoms with E-state index in [0.29, 0.717) is 17.2 Å². The van der Waals surface area contributed by atoms with Crippen molar-refractivity contribution < 1.29 is 19.4 Å². The lowest BCUT2D eigenvalue weighted by Gasteiger charge is -2.23. The van der Waals surface area contributed by atoms with E-state index >= 15 is 0 Å². The molecule has 0 spiro atoms. The van der Waals surface area contributed by atoms with Gasteiger partial charge >= 0.3 is 5.97 Å². The Morgan fingerprint density at radius 1 is 1.04 bits per heavy atom. The molecule has 1 saturated carbocycles. The van der Waals surface area contributed by atoms with Crippen molar-refractivity contribution in [3.05, 3.63) is 42.0 Å². The smallest absolute Gasteiger partial charge is 0.341 e. The zero-order chi connectivity index (χ0) is 19.7. The number of amides is 1. The molecule has 6 nitrogen and oxygen atoms in total. The normalized spacial score (nSPS) is 15.1. The Labute approximate surface area is 162 Å². The Balaban J connectivity index is 1.94. The molecular formula is C22H24N2O4. The summed E-state index contributed by atoms with van der Waals surface area (Å²) in [5.74, 6) is -0.497. The van der Waals surface area contributed by atoms with Gasteiger partial charge in [0.2, 0.25) is 5.91 Å². The van der Waals surface area contributed by atoms with E-state index in [2.05, 4.69) is 4.57 Å². The van der Waals surface area contributed by atoms with Crippen molar-refractivity contribution in [2.75, 3.05) is 6.61 Å². The van der Waals surface area contributed by atoms with E-state index in [1.807, 2.05) is 24.3 Å². The van der Waals surface area contributed by atoms with Crippen LogP contribution in [0.4, 0.5) is 0 Å². The van der Waals surface area contributed by atoms with Gasteiger partial charge in [0, 0.05) is 17.5 Å². The van der Waals surface area contributed by atoms with Crippen LogP contribution in [0.25, 0.3) is 21.8 Å². The number of carbonyl (C=O) groups excluding carboxylic acids is 1. The minimum absolute atomic E-state index is 0.427. The van der Waals surface area contributed by atoms with Crippen LogP contribution in [-0.4, -0.2) is 28.2 Å². The maximum atomic E-state index is 12.1. The largest absolute Gasteiger partial charge is 0.481 e. The van der Waals surface area contributed by atoms with E-state index in [-0.39, 0.29) is 0 Å². The fourth-order valence-electron chi connectivity index (χ4n) is 4.44. The quantitative estimate of drug-likeness (QED) is 0.677. The Hall–Kier alpha value is -3.02. The summed E-state index contributed by atoms with van der Waals surface area (Å²) < 4.78 is 7.80. The monoisotopic (exact) mass is 380 g/mol. The lowest BCUT2D eigenvalue weighted by atomic mass is 9.89. The molecule has 3 N–H and O–H groups in total. The lowest BCUT2D eigenvalue weighted by molar-refractivity contribution is -0.139. The Kier molecular flexibility index (Phi) is 4.94. The molecule has 4 rings (SSSR count). The second-order valence-electron chi connectivity index (χ2n) is 7.51. The minimum atomic E-state index is -1.04. The molecule has 1 fully saturated rings. The number of fused-ring (bicyclic) bond motifs is 3. The van der Waals surface area contributed by atoms with Gasteiger partial charge in [0.15, 0.2) is 6.61 Å². The zero-order valence-electron chi connectivity index (χ0n) is 15.7. The molecule has 3 aromatic rings. The van der Waals surface area contributed by atoms with Crippen molar-refractivity contribution in [3.63, 3.8) is 0 Å². The van der Waals surface area contributed by atoms with Crippen molar-refractivity contribution in [3.8, 4) is 5.75 Å². The predicted molar refractivity (Wildman–Crippen MR) is 108 cm³/mol. The van der Waals surface area contributed by atoms with Crippen LogP contribution in [0.5, 0.6) is 5.75 Å². The molecule has 0 bridgehead atoms. The molecule has 0 saturated heterocycles. The highest BCUT2D eigenvalue weighted by Gasteiger charge is 2.22. The first-order valence-corrected chi connectivity index (χ1v) is 9.74. The van der Waals surface area contributed by atoms with Gasteiger partial charge in [-0.1, -0.05) is 31.4 Å². The number of benzene rings is 2. The van der Waals surface area contributed by atoms with Gasteiger partial charge in [-0.2, -0.15) is 0 Å². The zero-order valence-corrected chi connectivity index (χ0v) is 15.7. The van der Waals surface area contributed by atoms with Crippen molar-refractivity contribution in [1.29, 1.82) is 0 Å². The summed E-state index contributed by atoms with van der Waals surface area (Å²) in [5.41, 5.74) is 7.96. The Morgan fingerprint density at radius 2 is 1.71 bits per heavy atom. The van der Waals surface area contributed by atoms with Crippen LogP contribution in [-0.2, 0) is 11.3 Å². The van der Waals surface area contributed by atoms with Crippen molar-refractivity contribution >= 4 is 33.7 Å². The van der Waals surface area contributed by atoms with Crippen LogP contribution in [0.3, 0.4) is 0 Å². The summed E-state index contributed by atoms with van der Waals surface area (Å²) in [6.45, 7) is 0.428. The first-order valence-electron chi connectivity index (χ1n) is 9.74. The number of hydrogen-bond donors (Lipinski definition) is 2. The molecule has 0 unspecified atom stereocenters. The first kappa shape index (κ1) is 18.3. The molecule has 1 aliphatic carbocycles. The third kappa shape index (κ3) is 3.30. The topological polar surface area (TPSA) is 94.6 Å². The van der Waals surface area contributed by atoms with Crippen LogP contribution < -0.4 is 10.5 Å². The molecule has 0 radical (unpaired) electrons. The van der Waals surface area contributed by atoms with E-state index in [1.54, 1.807) is 12.1 Å². The van der Waals surface area contributed by atoms with E-state index in [1.165, 1.54) is 32.1 Å². The van der Waals surface area contributed by atoms with E-state index < -0.39 is 18.5 Å². The van der Waals surface area contributed by atoms with Crippen molar-refractivity contribution in [1.82, 2.24) is 4.57 Å². The first-order chi connectivity index (χ1) is 13.6. The van der Waals surface area contributed by atoms with E-state index in [9.17, 15) is 9.59 Å². The highest BCUT2D eigenvalue weighted by atomic mass is 16.5. The van der Waals surface area contributed by atoms with Crippen LogP contribution >= 0.6 is 0 Å². The van der Waals surface area contributed by atoms with E-state index in [4.69, 9.17) is 15.6 Å². The van der Waals surface area contributed by atoms with Crippen molar-refractivity contribution in [2.24, 2.45) is 11.7 Å². The minimum Gasteiger partial charge on any atom is -0.481 e. The number of carboxylic acids is 1. The lowest BCUT2D eigenvalue weighted by Crippen LogP contribution is -2.14. The summed E-state index contributed by atoms with van der Waals surface area (Å²) in [6, 6.07) is 11.1. The predicted octanol–water partition coefficient (Wildman–Crippen LogP) is 3.94. The molecule has 2 aromatic carbocycles. The van der Waals surface area contributed by atoms with Crippen LogP contribution in [0.2, 0.25) is 0 Å². The van der Waals surface area contributed by atoms with Gasteiger partial charge < -0.3 is 20.1 Å². The van der Waals surface area contributed by atoms with E-state index in [0.717, 1.165) is 28.4 Å². The molecule has 0 aliphatic heterocycles. The average Bonchev–Trinajstić information content (AvgIpc) is 3.01. The molecule has 28 heavy (non-hydrogen) atoms. The maximum Gasteiger partial charge on any atom is 0.341 e. The van der Waals surface area contributed by atoms with Crippen LogP contribution in [0, 0.1) is 5.92 Å². The van der Waals surface area contributed by atoms with Gasteiger partial charge in [-0.05, 0) is 43.0 Å². The highest BCUT2D eigenvalue weighted by Crippen LogP contribution is 2.39. The summed E-state index contributed by atoms with van der Waals surface area (Å²) in [4.78, 5) is 23.1. The van der Waals surface area contributed by atoms with Gasteiger partial charge in [0.25, 0.3) is 0 Å². The number of aromatic nitrogens is 1. The molecule has 6 heteroatoms. The van der Waals surface area contributed by atoms with Gasteiger partial charge in [0.05, 0.1) is 16.4 Å². The second-order valence-corrected chi connectivity index (χ2v) is 7.51. The summed E-state index contributed by atoms with van der Waals surface area (Å²) in [5, 5.41) is 10.5. The number of nitrogens with two attached hydrogens (primary N) is 1. The summed E-state index contributed by atoms with van der Waals surface area (Å²) in [6.07, 6.45) is 6.20. The third-order valence-electron chi connectivity index (χ3n) is 5.66. The molecule has 1 amide bonds. The van der Waals surface area contributed by atoms with Gasteiger partial charge in [-0.25, -0.2) is 4.79 Å². The molecule has 0 atom stereocenters. The molecular weight excluding hydrogens is 356 g/mol. The highest BCUT2D eigenvalue weighted by molar-refractivity contribution is 6.19. The maximum absolute atomic E-state index is 12.1. The second kappa shape index (κ2) is 7.54. The molecule has 1 aromatic heterocycles. The number of primary amides is 1. The molecule has 1 aliphatic rings. The number of hydrogen-bond acceptors (Lipinski definition) is 3. The van der Waals surface area contributed by atoms with Crippen LogP contribution in [0.1, 0.15) is 42.5 Å². The molecule has 1 heterocycles. The van der Waals surface area contributed by atoms with Gasteiger partial charge in [-0.3, -0.25) is 4.79 Å². The Bertz CT molecular complexity index is 1050. The fourth-order valence-corrected chi connectivity index (χ4v) is 4.44. The number of aliphatic carboxylic acids is 1. The van der Waals surface area contributed by atoms with Gasteiger partial charge in [0.1, 0.15) is 5.75 Å². The number of rotatable bonds is 6.